The zero-order valence-corrected chi connectivity index (χ0v) is 22.3. The van der Waals surface area contributed by atoms with Gasteiger partial charge in [-0.3, -0.25) is 0 Å². The number of rotatable bonds is 6. The van der Waals surface area contributed by atoms with Crippen LogP contribution >= 0.6 is 45.2 Å². The molecule has 1 aromatic heterocycles. The highest BCUT2D eigenvalue weighted by molar-refractivity contribution is 14.1. The summed E-state index contributed by atoms with van der Waals surface area (Å²) in [5.41, 5.74) is 3.85. The Morgan fingerprint density at radius 2 is 1.34 bits per heavy atom. The molecule has 0 amide bonds. The molecule has 2 heterocycles. The van der Waals surface area contributed by atoms with Gasteiger partial charge in [-0.25, -0.2) is 0 Å². The second kappa shape index (κ2) is 9.97. The second-order valence-corrected chi connectivity index (χ2v) is 11.4. The highest BCUT2D eigenvalue weighted by atomic mass is 127. The Kier molecular flexibility index (Phi) is 7.03. The quantitative estimate of drug-likeness (QED) is 0.275. The second-order valence-electron chi connectivity index (χ2n) is 8.95. The summed E-state index contributed by atoms with van der Waals surface area (Å²) in [6.45, 7) is 7.16. The first-order valence-corrected chi connectivity index (χ1v) is 13.5. The first-order chi connectivity index (χ1) is 15.6. The Morgan fingerprint density at radius 1 is 0.781 bits per heavy atom. The minimum absolute atomic E-state index is 0.349. The summed E-state index contributed by atoms with van der Waals surface area (Å²) in [5.74, 6) is 0. The molecule has 0 saturated carbocycles. The van der Waals surface area contributed by atoms with Gasteiger partial charge in [-0.1, -0.05) is 30.3 Å². The number of halogens is 2. The zero-order valence-electron chi connectivity index (χ0n) is 18.0. The third-order valence-electron chi connectivity index (χ3n) is 6.67. The number of aliphatic hydroxyl groups excluding tert-OH is 1. The van der Waals surface area contributed by atoms with E-state index in [1.54, 1.807) is 4.90 Å². The average molecular weight is 653 g/mol. The number of nitrogens with zero attached hydrogens (tertiary/aromatic N) is 1. The number of hydrogen-bond acceptors (Lipinski definition) is 1. The molecule has 1 fully saturated rings. The molecule has 4 aromatic rings. The SMILES string of the molecule is O[C@H](Cn1c2ccc(I)cc2c2cc(I)ccc21)C[NH+]1CC[NH+](Cc2ccccc2)CC1. The molecule has 5 rings (SSSR count). The van der Waals surface area contributed by atoms with Crippen LogP contribution in [-0.4, -0.2) is 48.5 Å². The van der Waals surface area contributed by atoms with Crippen LogP contribution in [0.3, 0.4) is 0 Å². The van der Waals surface area contributed by atoms with Crippen molar-refractivity contribution in [3.63, 3.8) is 0 Å². The first kappa shape index (κ1) is 22.6. The van der Waals surface area contributed by atoms with E-state index in [9.17, 15) is 5.11 Å². The highest BCUT2D eigenvalue weighted by Crippen LogP contribution is 2.31. The van der Waals surface area contributed by atoms with Gasteiger partial charge >= 0.3 is 0 Å². The van der Waals surface area contributed by atoms with E-state index < -0.39 is 0 Å². The fourth-order valence-electron chi connectivity index (χ4n) is 5.08. The van der Waals surface area contributed by atoms with Crippen molar-refractivity contribution >= 4 is 67.0 Å². The maximum Gasteiger partial charge on any atom is 0.127 e. The summed E-state index contributed by atoms with van der Waals surface area (Å²) < 4.78 is 4.81. The van der Waals surface area contributed by atoms with Crippen LogP contribution in [0.5, 0.6) is 0 Å². The molecular weight excluding hydrogens is 624 g/mol. The summed E-state index contributed by atoms with van der Waals surface area (Å²) >= 11 is 4.77. The molecule has 1 atom stereocenters. The molecule has 1 aliphatic heterocycles. The number of quaternary nitrogens is 2. The molecule has 1 aliphatic rings. The van der Waals surface area contributed by atoms with Crippen molar-refractivity contribution in [1.29, 1.82) is 0 Å². The molecule has 0 radical (unpaired) electrons. The lowest BCUT2D eigenvalue weighted by atomic mass is 10.2. The van der Waals surface area contributed by atoms with E-state index in [4.69, 9.17) is 0 Å². The number of fused-ring (bicyclic) bond motifs is 3. The van der Waals surface area contributed by atoms with Crippen molar-refractivity contribution < 1.29 is 14.9 Å². The topological polar surface area (TPSA) is 34.0 Å². The smallest absolute Gasteiger partial charge is 0.127 e. The van der Waals surface area contributed by atoms with Crippen LogP contribution in [0.4, 0.5) is 0 Å². The lowest BCUT2D eigenvalue weighted by Crippen LogP contribution is -3.28. The summed E-state index contributed by atoms with van der Waals surface area (Å²) in [5, 5.41) is 13.6. The molecule has 6 heteroatoms. The van der Waals surface area contributed by atoms with Crippen LogP contribution < -0.4 is 9.80 Å². The van der Waals surface area contributed by atoms with E-state index in [0.717, 1.165) is 26.2 Å². The van der Waals surface area contributed by atoms with Crippen molar-refractivity contribution in [2.45, 2.75) is 19.2 Å². The van der Waals surface area contributed by atoms with Gasteiger partial charge in [-0.2, -0.15) is 0 Å². The fraction of sp³-hybridized carbons (Fsp3) is 0.308. The molecule has 4 nitrogen and oxygen atoms in total. The van der Waals surface area contributed by atoms with E-state index in [1.807, 2.05) is 0 Å². The highest BCUT2D eigenvalue weighted by Gasteiger charge is 2.25. The van der Waals surface area contributed by atoms with E-state index in [1.165, 1.54) is 52.5 Å². The molecule has 3 aromatic carbocycles. The Labute approximate surface area is 216 Å². The van der Waals surface area contributed by atoms with Crippen LogP contribution in [0.25, 0.3) is 21.8 Å². The molecule has 1 saturated heterocycles. The van der Waals surface area contributed by atoms with Gasteiger partial charge in [-0.15, -0.1) is 0 Å². The van der Waals surface area contributed by atoms with Gasteiger partial charge in [0, 0.05) is 34.5 Å². The van der Waals surface area contributed by atoms with Crippen LogP contribution in [0, 0.1) is 7.14 Å². The van der Waals surface area contributed by atoms with E-state index in [-0.39, 0.29) is 6.10 Å². The number of hydrogen-bond donors (Lipinski definition) is 3. The summed E-state index contributed by atoms with van der Waals surface area (Å²) in [4.78, 5) is 3.18. The molecule has 0 aliphatic carbocycles. The summed E-state index contributed by atoms with van der Waals surface area (Å²) in [6.07, 6.45) is -0.349. The maximum atomic E-state index is 11.1. The number of piperazine rings is 1. The Balaban J connectivity index is 1.26. The van der Waals surface area contributed by atoms with E-state index in [0.29, 0.717) is 6.54 Å². The predicted octanol–water partition coefficient (Wildman–Crippen LogP) is 2.35. The number of nitrogens with one attached hydrogen (secondary N) is 2. The van der Waals surface area contributed by atoms with Crippen molar-refractivity contribution in [3.8, 4) is 0 Å². The standard InChI is InChI=1S/C26H27I2N3O/c27-20-6-8-25-23(14-20)24-15-21(28)7-9-26(24)31(25)18-22(32)17-30-12-10-29(11-13-30)16-19-4-2-1-3-5-19/h1-9,14-15,22,32H,10-13,16-18H2/p+2/t22-/m0/s1. The largest absolute Gasteiger partial charge is 0.385 e. The Morgan fingerprint density at radius 3 is 1.94 bits per heavy atom. The summed E-state index contributed by atoms with van der Waals surface area (Å²) in [6, 6.07) is 24.0. The lowest BCUT2D eigenvalue weighted by molar-refractivity contribution is -1.02. The maximum absolute atomic E-state index is 11.1. The van der Waals surface area contributed by atoms with Gasteiger partial charge < -0.3 is 19.5 Å². The third-order valence-corrected chi connectivity index (χ3v) is 8.01. The summed E-state index contributed by atoms with van der Waals surface area (Å²) in [7, 11) is 0. The molecule has 0 spiro atoms. The Bertz CT molecular complexity index is 1160. The minimum atomic E-state index is -0.349. The normalized spacial score (nSPS) is 20.1. The van der Waals surface area contributed by atoms with Crippen LogP contribution in [0.15, 0.2) is 66.7 Å². The van der Waals surface area contributed by atoms with Gasteiger partial charge in [0.2, 0.25) is 0 Å². The first-order valence-electron chi connectivity index (χ1n) is 11.3. The predicted molar refractivity (Wildman–Crippen MR) is 147 cm³/mol. The Hall–Kier alpha value is -1.20. The van der Waals surface area contributed by atoms with Crippen LogP contribution in [-0.2, 0) is 13.1 Å². The fourth-order valence-corrected chi connectivity index (χ4v) is 6.06. The molecule has 32 heavy (non-hydrogen) atoms. The lowest BCUT2D eigenvalue weighted by Gasteiger charge is -2.31. The van der Waals surface area contributed by atoms with Crippen molar-refractivity contribution in [2.24, 2.45) is 0 Å². The van der Waals surface area contributed by atoms with Gasteiger partial charge in [0.25, 0.3) is 0 Å². The van der Waals surface area contributed by atoms with E-state index >= 15 is 0 Å². The van der Waals surface area contributed by atoms with Gasteiger partial charge in [0.05, 0.1) is 6.54 Å². The molecule has 3 N–H and O–H groups in total. The van der Waals surface area contributed by atoms with Crippen molar-refractivity contribution in [1.82, 2.24) is 4.57 Å². The average Bonchev–Trinajstić information content (AvgIpc) is 3.08. The zero-order chi connectivity index (χ0) is 22.1. The van der Waals surface area contributed by atoms with Gasteiger partial charge in [0.1, 0.15) is 45.4 Å². The molecular formula is C26H29I2N3O+2. The van der Waals surface area contributed by atoms with Crippen molar-refractivity contribution in [3.05, 3.63) is 79.4 Å². The number of benzene rings is 3. The van der Waals surface area contributed by atoms with Gasteiger partial charge in [-0.05, 0) is 81.6 Å². The van der Waals surface area contributed by atoms with Crippen LogP contribution in [0.2, 0.25) is 0 Å². The van der Waals surface area contributed by atoms with Gasteiger partial charge in [0.15, 0.2) is 0 Å². The molecule has 0 bridgehead atoms. The van der Waals surface area contributed by atoms with Crippen molar-refractivity contribution in [2.75, 3.05) is 32.7 Å². The number of aromatic nitrogens is 1. The molecule has 166 valence electrons. The molecule has 0 unspecified atom stereocenters. The van der Waals surface area contributed by atoms with Crippen LogP contribution in [0.1, 0.15) is 5.56 Å². The monoisotopic (exact) mass is 653 g/mol. The number of aliphatic hydroxyl groups is 1. The van der Waals surface area contributed by atoms with E-state index in [2.05, 4.69) is 116 Å². The third kappa shape index (κ3) is 4.99. The minimum Gasteiger partial charge on any atom is -0.385 e.